The molecule has 2 bridgehead atoms. The highest BCUT2D eigenvalue weighted by molar-refractivity contribution is 5.90. The number of rotatable bonds is 11. The van der Waals surface area contributed by atoms with Crippen molar-refractivity contribution in [2.75, 3.05) is 6.61 Å². The van der Waals surface area contributed by atoms with E-state index >= 15 is 0 Å². The van der Waals surface area contributed by atoms with Gasteiger partial charge in [0.15, 0.2) is 17.8 Å². The van der Waals surface area contributed by atoms with Crippen molar-refractivity contribution in [2.24, 2.45) is 17.3 Å². The lowest BCUT2D eigenvalue weighted by Gasteiger charge is -2.66. The molecule has 1 saturated heterocycles. The van der Waals surface area contributed by atoms with Crippen LogP contribution in [0.4, 0.5) is 0 Å². The SMILES string of the molecule is CCC(C)C(=O)OCC12C(OC(C)=O)C(OC(C)=O)CC(C)(O)C13OC(C)(C)C(C(OC(=O)c1ccoc1)C2OC(=O)c1ccoc1)C3OC(C)=O. The third-order valence-electron chi connectivity index (χ3n) is 10.4. The fourth-order valence-corrected chi connectivity index (χ4v) is 8.28. The van der Waals surface area contributed by atoms with E-state index in [4.69, 9.17) is 42.0 Å². The van der Waals surface area contributed by atoms with Gasteiger partial charge in [0.05, 0.1) is 46.7 Å². The van der Waals surface area contributed by atoms with Gasteiger partial charge < -0.3 is 47.1 Å². The van der Waals surface area contributed by atoms with Gasteiger partial charge in [0.2, 0.25) is 0 Å². The zero-order valence-electron chi connectivity index (χ0n) is 30.2. The zero-order chi connectivity index (χ0) is 38.4. The van der Waals surface area contributed by atoms with Crippen LogP contribution in [0.3, 0.4) is 0 Å². The summed E-state index contributed by atoms with van der Waals surface area (Å²) in [6, 6.07) is 2.64. The van der Waals surface area contributed by atoms with Crippen LogP contribution in [0.15, 0.2) is 46.0 Å². The van der Waals surface area contributed by atoms with Crippen LogP contribution < -0.4 is 0 Å². The number of carbonyl (C=O) groups excluding carboxylic acids is 6. The molecule has 1 spiro atoms. The number of fused-ring (bicyclic) bond motifs is 1. The van der Waals surface area contributed by atoms with E-state index in [0.717, 1.165) is 33.3 Å². The smallest absolute Gasteiger partial charge is 0.341 e. The number of aliphatic hydroxyl groups is 1. The minimum Gasteiger partial charge on any atom is -0.472 e. The first-order chi connectivity index (χ1) is 24.3. The molecule has 3 fully saturated rings. The first-order valence-corrected chi connectivity index (χ1v) is 16.9. The van der Waals surface area contributed by atoms with E-state index in [1.807, 2.05) is 0 Å². The van der Waals surface area contributed by atoms with Crippen LogP contribution >= 0.6 is 0 Å². The first-order valence-electron chi connectivity index (χ1n) is 16.9. The molecule has 10 atom stereocenters. The molecule has 284 valence electrons. The predicted molar refractivity (Wildman–Crippen MR) is 172 cm³/mol. The number of hydrogen-bond donors (Lipinski definition) is 1. The normalized spacial score (nSPS) is 33.5. The van der Waals surface area contributed by atoms with E-state index in [-0.39, 0.29) is 11.1 Å². The van der Waals surface area contributed by atoms with Crippen molar-refractivity contribution < 1.29 is 75.9 Å². The molecule has 16 heteroatoms. The quantitative estimate of drug-likeness (QED) is 0.259. The Morgan fingerprint density at radius 1 is 0.808 bits per heavy atom. The highest BCUT2D eigenvalue weighted by Crippen LogP contribution is 2.69. The third-order valence-corrected chi connectivity index (χ3v) is 10.4. The second kappa shape index (κ2) is 14.0. The molecule has 16 nitrogen and oxygen atoms in total. The van der Waals surface area contributed by atoms with Gasteiger partial charge in [-0.05, 0) is 39.3 Å². The van der Waals surface area contributed by atoms with Gasteiger partial charge in [-0.15, -0.1) is 0 Å². The van der Waals surface area contributed by atoms with Crippen LogP contribution in [0.5, 0.6) is 0 Å². The van der Waals surface area contributed by atoms with Gasteiger partial charge in [0.25, 0.3) is 0 Å². The average Bonchev–Trinajstić information content (AvgIpc) is 3.81. The molecule has 2 saturated carbocycles. The summed E-state index contributed by atoms with van der Waals surface area (Å²) in [6.45, 7) is 10.3. The van der Waals surface area contributed by atoms with E-state index in [9.17, 15) is 33.9 Å². The molecule has 10 unspecified atom stereocenters. The Balaban J connectivity index is 1.90. The summed E-state index contributed by atoms with van der Waals surface area (Å²) < 4.78 is 53.3. The minimum absolute atomic E-state index is 0.0419. The van der Waals surface area contributed by atoms with Gasteiger partial charge in [0, 0.05) is 27.2 Å². The van der Waals surface area contributed by atoms with Gasteiger partial charge in [-0.3, -0.25) is 19.2 Å². The number of carbonyl (C=O) groups is 6. The summed E-state index contributed by atoms with van der Waals surface area (Å²) in [5.74, 6) is -7.19. The summed E-state index contributed by atoms with van der Waals surface area (Å²) in [5.41, 5.74) is -8.47. The van der Waals surface area contributed by atoms with Crippen molar-refractivity contribution in [1.82, 2.24) is 0 Å². The molecule has 1 aliphatic heterocycles. The first kappa shape index (κ1) is 38.5. The van der Waals surface area contributed by atoms with Crippen molar-refractivity contribution >= 4 is 35.8 Å². The van der Waals surface area contributed by atoms with Crippen LogP contribution in [0.25, 0.3) is 0 Å². The van der Waals surface area contributed by atoms with E-state index in [1.165, 1.54) is 31.6 Å². The van der Waals surface area contributed by atoms with Crippen LogP contribution in [0.1, 0.15) is 88.9 Å². The lowest BCUT2D eigenvalue weighted by molar-refractivity contribution is -0.363. The van der Waals surface area contributed by atoms with E-state index in [0.29, 0.717) is 6.42 Å². The second-order valence-electron chi connectivity index (χ2n) is 14.3. The van der Waals surface area contributed by atoms with Crippen molar-refractivity contribution in [1.29, 1.82) is 0 Å². The molecule has 5 rings (SSSR count). The Kier molecular flexibility index (Phi) is 10.4. The fourth-order valence-electron chi connectivity index (χ4n) is 8.28. The molecular formula is C36H44O16. The summed E-state index contributed by atoms with van der Waals surface area (Å²) in [6.07, 6.45) is -3.76. The molecule has 2 aliphatic carbocycles. The Bertz CT molecular complexity index is 1670. The highest BCUT2D eigenvalue weighted by atomic mass is 16.7. The number of esters is 6. The molecule has 2 aromatic rings. The summed E-state index contributed by atoms with van der Waals surface area (Å²) in [4.78, 5) is 80.1. The topological polar surface area (TPSA) is 214 Å². The maximum Gasteiger partial charge on any atom is 0.341 e. The predicted octanol–water partition coefficient (Wildman–Crippen LogP) is 3.33. The largest absolute Gasteiger partial charge is 0.472 e. The number of furan rings is 2. The third kappa shape index (κ3) is 6.35. The van der Waals surface area contributed by atoms with Crippen LogP contribution in [0, 0.1) is 17.3 Å². The molecule has 3 heterocycles. The molecule has 0 amide bonds. The molecule has 0 aromatic carbocycles. The standard InChI is InChI=1S/C36H44O16/c1-9-18(2)30(40)46-17-35-27(48-20(4)38)24(47-19(3)37)14-34(8,43)36(35)28(49-21(5)39)25(33(6,7)52-36)26(50-31(41)22-10-12-44-15-22)29(35)51-32(42)23-11-13-45-16-23/h10-13,15-16,18,24-29,43H,9,14,17H2,1-8H3. The van der Waals surface area contributed by atoms with Crippen molar-refractivity contribution in [3.8, 4) is 0 Å². The Labute approximate surface area is 299 Å². The van der Waals surface area contributed by atoms with E-state index in [1.54, 1.807) is 27.7 Å². The Morgan fingerprint density at radius 3 is 1.85 bits per heavy atom. The molecular weight excluding hydrogens is 688 g/mol. The summed E-state index contributed by atoms with van der Waals surface area (Å²) in [7, 11) is 0. The lowest BCUT2D eigenvalue weighted by Crippen LogP contribution is -2.85. The number of hydrogen-bond acceptors (Lipinski definition) is 16. The van der Waals surface area contributed by atoms with Crippen molar-refractivity contribution in [3.63, 3.8) is 0 Å². The van der Waals surface area contributed by atoms with Gasteiger partial charge in [-0.2, -0.15) is 0 Å². The Morgan fingerprint density at radius 2 is 1.35 bits per heavy atom. The van der Waals surface area contributed by atoms with Gasteiger partial charge in [-0.25, -0.2) is 9.59 Å². The Hall–Kier alpha value is -4.70. The molecule has 2 aromatic heterocycles. The maximum absolute atomic E-state index is 14.0. The van der Waals surface area contributed by atoms with Crippen molar-refractivity contribution in [2.45, 2.75) is 116 Å². The average molecular weight is 733 g/mol. The van der Waals surface area contributed by atoms with Gasteiger partial charge in [-0.1, -0.05) is 13.8 Å². The molecule has 52 heavy (non-hydrogen) atoms. The molecule has 1 N–H and O–H groups in total. The number of ether oxygens (including phenoxy) is 7. The maximum atomic E-state index is 14.0. The van der Waals surface area contributed by atoms with Gasteiger partial charge in [0.1, 0.15) is 42.9 Å². The van der Waals surface area contributed by atoms with Crippen LogP contribution in [-0.2, 0) is 52.3 Å². The zero-order valence-corrected chi connectivity index (χ0v) is 30.2. The van der Waals surface area contributed by atoms with Crippen molar-refractivity contribution in [3.05, 3.63) is 48.3 Å². The minimum atomic E-state index is -2.35. The second-order valence-corrected chi connectivity index (χ2v) is 14.3. The monoisotopic (exact) mass is 732 g/mol. The van der Waals surface area contributed by atoms with Crippen LogP contribution in [0.2, 0.25) is 0 Å². The summed E-state index contributed by atoms with van der Waals surface area (Å²) >= 11 is 0. The van der Waals surface area contributed by atoms with E-state index in [2.05, 4.69) is 0 Å². The fraction of sp³-hybridized carbons (Fsp3) is 0.611. The van der Waals surface area contributed by atoms with Crippen LogP contribution in [-0.4, -0.2) is 94.9 Å². The van der Waals surface area contributed by atoms with E-state index < -0.39 is 113 Å². The molecule has 3 aliphatic rings. The summed E-state index contributed by atoms with van der Waals surface area (Å²) in [5, 5.41) is 12.8. The molecule has 0 radical (unpaired) electrons. The lowest BCUT2D eigenvalue weighted by atomic mass is 9.45. The van der Waals surface area contributed by atoms with Gasteiger partial charge >= 0.3 is 35.8 Å². The highest BCUT2D eigenvalue weighted by Gasteiger charge is 2.89.